The number of rotatable bonds is 6. The normalized spacial score (nSPS) is 19.3. The van der Waals surface area contributed by atoms with Crippen LogP contribution in [0.1, 0.15) is 69.1 Å². The molecule has 5 rings (SSSR count). The Hall–Kier alpha value is -4.42. The SMILES string of the molecule is CC(C)[C@@H](C(=O)N1CCOCCN(C(=O)[C@H](C(C)C)N2C(=O)c3ccccc3C2=O)CCOCC1)N1C(=O)c2ccccc2C1=O. The molecule has 0 radical (unpaired) electrons. The fourth-order valence-electron chi connectivity index (χ4n) is 6.25. The van der Waals surface area contributed by atoms with E-state index in [-0.39, 0.29) is 98.5 Å². The van der Waals surface area contributed by atoms with E-state index in [0.29, 0.717) is 0 Å². The van der Waals surface area contributed by atoms with Crippen LogP contribution in [0, 0.1) is 11.8 Å². The summed E-state index contributed by atoms with van der Waals surface area (Å²) in [5.74, 6) is -3.36. The molecule has 0 aromatic heterocycles. The standard InChI is InChI=1S/C34H40N4O8/c1-21(2)27(37-29(39)23-9-5-6-10-24(23)30(37)40)33(43)35-13-17-45-19-15-36(16-20-46-18-14-35)34(44)28(22(3)4)38-31(41)25-11-7-8-12-26(25)32(38)42/h5-12,21-22,27-28H,13-20H2,1-4H3/t27-,28-/m0/s1. The monoisotopic (exact) mass is 632 g/mol. The van der Waals surface area contributed by atoms with Crippen LogP contribution in [0.25, 0.3) is 0 Å². The molecular formula is C34H40N4O8. The van der Waals surface area contributed by atoms with Crippen molar-refractivity contribution in [2.24, 2.45) is 11.8 Å². The summed E-state index contributed by atoms with van der Waals surface area (Å²) in [6, 6.07) is 11.1. The first-order chi connectivity index (χ1) is 22.0. The molecule has 244 valence electrons. The summed E-state index contributed by atoms with van der Waals surface area (Å²) in [7, 11) is 0. The molecule has 1 fully saturated rings. The second-order valence-electron chi connectivity index (χ2n) is 12.3. The fourth-order valence-corrected chi connectivity index (χ4v) is 6.25. The first-order valence-electron chi connectivity index (χ1n) is 15.7. The van der Waals surface area contributed by atoms with E-state index in [2.05, 4.69) is 0 Å². The minimum atomic E-state index is -0.997. The van der Waals surface area contributed by atoms with Gasteiger partial charge in [0.1, 0.15) is 12.1 Å². The zero-order valence-corrected chi connectivity index (χ0v) is 26.6. The minimum absolute atomic E-state index is 0.146. The van der Waals surface area contributed by atoms with Gasteiger partial charge in [0.2, 0.25) is 11.8 Å². The second-order valence-corrected chi connectivity index (χ2v) is 12.3. The number of nitrogens with zero attached hydrogens (tertiary/aromatic N) is 4. The number of hydrogen-bond donors (Lipinski definition) is 0. The first-order valence-corrected chi connectivity index (χ1v) is 15.7. The highest BCUT2D eigenvalue weighted by atomic mass is 16.5. The first kappa shape index (κ1) is 33.0. The van der Waals surface area contributed by atoms with Crippen molar-refractivity contribution in [3.05, 3.63) is 70.8 Å². The summed E-state index contributed by atoms with van der Waals surface area (Å²) in [5, 5.41) is 0. The van der Waals surface area contributed by atoms with Crippen molar-refractivity contribution in [2.75, 3.05) is 52.6 Å². The molecule has 6 amide bonds. The molecule has 12 heteroatoms. The Morgan fingerprint density at radius 2 is 0.783 bits per heavy atom. The number of imide groups is 2. The third-order valence-electron chi connectivity index (χ3n) is 8.62. The summed E-state index contributed by atoms with van der Waals surface area (Å²) in [6.45, 7) is 8.53. The zero-order valence-electron chi connectivity index (χ0n) is 26.6. The van der Waals surface area contributed by atoms with Gasteiger partial charge in [-0.05, 0) is 36.1 Å². The van der Waals surface area contributed by atoms with Gasteiger partial charge in [0.15, 0.2) is 0 Å². The predicted octanol–water partition coefficient (Wildman–Crippen LogP) is 2.33. The van der Waals surface area contributed by atoms with Crippen molar-refractivity contribution in [1.82, 2.24) is 19.6 Å². The van der Waals surface area contributed by atoms with Gasteiger partial charge in [-0.3, -0.25) is 38.6 Å². The van der Waals surface area contributed by atoms with Crippen LogP contribution in [-0.2, 0) is 19.1 Å². The molecule has 0 saturated carbocycles. The lowest BCUT2D eigenvalue weighted by Crippen LogP contribution is -2.55. The Morgan fingerprint density at radius 3 is 1.02 bits per heavy atom. The van der Waals surface area contributed by atoms with E-state index in [1.165, 1.54) is 0 Å². The Morgan fingerprint density at radius 1 is 0.522 bits per heavy atom. The number of benzene rings is 2. The van der Waals surface area contributed by atoms with Crippen molar-refractivity contribution in [3.8, 4) is 0 Å². The van der Waals surface area contributed by atoms with Crippen molar-refractivity contribution in [3.63, 3.8) is 0 Å². The predicted molar refractivity (Wildman–Crippen MR) is 166 cm³/mol. The van der Waals surface area contributed by atoms with Gasteiger partial charge in [0, 0.05) is 26.2 Å². The largest absolute Gasteiger partial charge is 0.378 e. The zero-order chi connectivity index (χ0) is 33.1. The van der Waals surface area contributed by atoms with E-state index in [1.807, 2.05) is 0 Å². The van der Waals surface area contributed by atoms with Crippen LogP contribution in [0.15, 0.2) is 48.5 Å². The lowest BCUT2D eigenvalue weighted by molar-refractivity contribution is -0.140. The summed E-state index contributed by atoms with van der Waals surface area (Å²) >= 11 is 0. The van der Waals surface area contributed by atoms with Crippen LogP contribution in [-0.4, -0.2) is 120 Å². The quantitative estimate of drug-likeness (QED) is 0.443. The van der Waals surface area contributed by atoms with E-state index in [1.54, 1.807) is 86.0 Å². The molecule has 3 heterocycles. The Labute approximate surface area is 268 Å². The van der Waals surface area contributed by atoms with E-state index in [4.69, 9.17) is 9.47 Å². The molecule has 2 aromatic rings. The van der Waals surface area contributed by atoms with Crippen molar-refractivity contribution >= 4 is 35.4 Å². The molecule has 46 heavy (non-hydrogen) atoms. The second kappa shape index (κ2) is 13.9. The number of fused-ring (bicyclic) bond motifs is 2. The highest BCUT2D eigenvalue weighted by Gasteiger charge is 2.46. The van der Waals surface area contributed by atoms with Gasteiger partial charge in [-0.2, -0.15) is 0 Å². The molecule has 0 N–H and O–H groups in total. The molecule has 0 bridgehead atoms. The molecule has 1 saturated heterocycles. The van der Waals surface area contributed by atoms with E-state index >= 15 is 0 Å². The Balaban J connectivity index is 1.24. The van der Waals surface area contributed by atoms with Gasteiger partial charge < -0.3 is 19.3 Å². The molecule has 2 atom stereocenters. The Bertz CT molecular complexity index is 1340. The van der Waals surface area contributed by atoms with Crippen LogP contribution in [0.4, 0.5) is 0 Å². The number of amides is 6. The summed E-state index contributed by atoms with van der Waals surface area (Å²) in [4.78, 5) is 85.9. The van der Waals surface area contributed by atoms with Crippen molar-refractivity contribution < 1.29 is 38.2 Å². The van der Waals surface area contributed by atoms with Crippen LogP contribution in [0.3, 0.4) is 0 Å². The molecular weight excluding hydrogens is 592 g/mol. The summed E-state index contributed by atoms with van der Waals surface area (Å²) in [5.41, 5.74) is 1.14. The summed E-state index contributed by atoms with van der Waals surface area (Å²) < 4.78 is 11.7. The third-order valence-corrected chi connectivity index (χ3v) is 8.62. The van der Waals surface area contributed by atoms with Crippen LogP contribution < -0.4 is 0 Å². The van der Waals surface area contributed by atoms with Gasteiger partial charge >= 0.3 is 0 Å². The molecule has 0 spiro atoms. The maximum absolute atomic E-state index is 13.9. The van der Waals surface area contributed by atoms with Crippen molar-refractivity contribution in [1.29, 1.82) is 0 Å². The average Bonchev–Trinajstić information content (AvgIpc) is 3.42. The van der Waals surface area contributed by atoms with Crippen LogP contribution in [0.5, 0.6) is 0 Å². The van der Waals surface area contributed by atoms with Crippen molar-refractivity contribution in [2.45, 2.75) is 39.8 Å². The van der Waals surface area contributed by atoms with Gasteiger partial charge in [0.05, 0.1) is 48.7 Å². The van der Waals surface area contributed by atoms with Gasteiger partial charge in [-0.15, -0.1) is 0 Å². The molecule has 12 nitrogen and oxygen atoms in total. The molecule has 3 aliphatic rings. The Kier molecular flexibility index (Phi) is 9.97. The smallest absolute Gasteiger partial charge is 0.262 e. The number of hydrogen-bond acceptors (Lipinski definition) is 8. The highest BCUT2D eigenvalue weighted by Crippen LogP contribution is 2.29. The molecule has 2 aromatic carbocycles. The average molecular weight is 633 g/mol. The maximum atomic E-state index is 13.9. The fraction of sp³-hybridized carbons (Fsp3) is 0.471. The van der Waals surface area contributed by atoms with Gasteiger partial charge in [-0.25, -0.2) is 0 Å². The maximum Gasteiger partial charge on any atom is 0.262 e. The number of carbonyl (C=O) groups is 6. The van der Waals surface area contributed by atoms with Gasteiger partial charge in [-0.1, -0.05) is 52.0 Å². The van der Waals surface area contributed by atoms with Crippen LogP contribution in [0.2, 0.25) is 0 Å². The molecule has 0 aliphatic carbocycles. The lowest BCUT2D eigenvalue weighted by atomic mass is 10.0. The molecule has 3 aliphatic heterocycles. The lowest BCUT2D eigenvalue weighted by Gasteiger charge is -2.35. The number of ether oxygens (including phenoxy) is 2. The van der Waals surface area contributed by atoms with E-state index in [9.17, 15) is 28.8 Å². The summed E-state index contributed by atoms with van der Waals surface area (Å²) in [6.07, 6.45) is 0. The van der Waals surface area contributed by atoms with Gasteiger partial charge in [0.25, 0.3) is 23.6 Å². The van der Waals surface area contributed by atoms with E-state index in [0.717, 1.165) is 9.80 Å². The number of carbonyl (C=O) groups excluding carboxylic acids is 6. The van der Waals surface area contributed by atoms with Crippen LogP contribution >= 0.6 is 0 Å². The topological polar surface area (TPSA) is 134 Å². The third kappa shape index (κ3) is 6.19. The van der Waals surface area contributed by atoms with E-state index < -0.39 is 35.7 Å². The minimum Gasteiger partial charge on any atom is -0.378 e. The highest BCUT2D eigenvalue weighted by molar-refractivity contribution is 6.23. The molecule has 0 unspecified atom stereocenters.